The van der Waals surface area contributed by atoms with Crippen molar-refractivity contribution in [3.63, 3.8) is 0 Å². The minimum absolute atomic E-state index is 0.284. The third kappa shape index (κ3) is 3.61. The second-order valence-corrected chi connectivity index (χ2v) is 6.66. The van der Waals surface area contributed by atoms with Gasteiger partial charge >= 0.3 is 0 Å². The standard InChI is InChI=1S/C16H17Br2N/c1-10-8-15(18)9-11(2)16(10)19-12(3)13-4-6-14(17)7-5-13/h4-9,12,19H,1-3H3. The van der Waals surface area contributed by atoms with Gasteiger partial charge in [0.2, 0.25) is 0 Å². The number of aryl methyl sites for hydroxylation is 2. The van der Waals surface area contributed by atoms with Crippen LogP contribution in [0, 0.1) is 13.8 Å². The molecule has 1 atom stereocenters. The summed E-state index contributed by atoms with van der Waals surface area (Å²) in [6.07, 6.45) is 0. The van der Waals surface area contributed by atoms with Crippen LogP contribution < -0.4 is 5.32 Å². The summed E-state index contributed by atoms with van der Waals surface area (Å²) in [5.74, 6) is 0. The van der Waals surface area contributed by atoms with Crippen molar-refractivity contribution in [1.82, 2.24) is 0 Å². The fraction of sp³-hybridized carbons (Fsp3) is 0.250. The second-order valence-electron chi connectivity index (χ2n) is 4.83. The van der Waals surface area contributed by atoms with Gasteiger partial charge in [0.1, 0.15) is 0 Å². The average Bonchev–Trinajstić information content (AvgIpc) is 2.34. The van der Waals surface area contributed by atoms with Crippen LogP contribution in [0.3, 0.4) is 0 Å². The van der Waals surface area contributed by atoms with Crippen LogP contribution >= 0.6 is 31.9 Å². The van der Waals surface area contributed by atoms with Crippen molar-refractivity contribution in [3.05, 3.63) is 62.0 Å². The minimum Gasteiger partial charge on any atom is -0.378 e. The zero-order valence-electron chi connectivity index (χ0n) is 11.3. The maximum atomic E-state index is 3.61. The van der Waals surface area contributed by atoms with E-state index in [-0.39, 0.29) is 6.04 Å². The molecule has 0 saturated carbocycles. The van der Waals surface area contributed by atoms with E-state index >= 15 is 0 Å². The van der Waals surface area contributed by atoms with Gasteiger partial charge in [-0.05, 0) is 61.7 Å². The fourth-order valence-corrected chi connectivity index (χ4v) is 3.14. The quantitative estimate of drug-likeness (QED) is 0.686. The molecule has 3 heteroatoms. The van der Waals surface area contributed by atoms with Gasteiger partial charge in [-0.1, -0.05) is 44.0 Å². The predicted octanol–water partition coefficient (Wildman–Crippen LogP) is 6.00. The van der Waals surface area contributed by atoms with Gasteiger partial charge in [-0.15, -0.1) is 0 Å². The molecule has 2 aromatic rings. The Morgan fingerprint density at radius 2 is 1.42 bits per heavy atom. The Morgan fingerprint density at radius 3 is 1.95 bits per heavy atom. The highest BCUT2D eigenvalue weighted by atomic mass is 79.9. The van der Waals surface area contributed by atoms with Gasteiger partial charge in [-0.2, -0.15) is 0 Å². The Hall–Kier alpha value is -0.800. The highest BCUT2D eigenvalue weighted by molar-refractivity contribution is 9.10. The lowest BCUT2D eigenvalue weighted by molar-refractivity contribution is 0.879. The molecule has 0 bridgehead atoms. The second kappa shape index (κ2) is 6.10. The van der Waals surface area contributed by atoms with Crippen molar-refractivity contribution < 1.29 is 0 Å². The van der Waals surface area contributed by atoms with E-state index in [1.165, 1.54) is 22.4 Å². The van der Waals surface area contributed by atoms with E-state index < -0.39 is 0 Å². The normalized spacial score (nSPS) is 12.3. The zero-order chi connectivity index (χ0) is 14.0. The number of hydrogen-bond acceptors (Lipinski definition) is 1. The van der Waals surface area contributed by atoms with Crippen LogP contribution in [0.25, 0.3) is 0 Å². The molecule has 0 heterocycles. The van der Waals surface area contributed by atoms with Gasteiger partial charge in [0.15, 0.2) is 0 Å². The van der Waals surface area contributed by atoms with Crippen molar-refractivity contribution in [2.75, 3.05) is 5.32 Å². The number of halogens is 2. The SMILES string of the molecule is Cc1cc(Br)cc(C)c1NC(C)c1ccc(Br)cc1. The third-order valence-corrected chi connectivity index (χ3v) is 4.21. The molecule has 0 aromatic heterocycles. The van der Waals surface area contributed by atoms with E-state index in [1.807, 2.05) is 0 Å². The van der Waals surface area contributed by atoms with Gasteiger partial charge in [-0.25, -0.2) is 0 Å². The largest absolute Gasteiger partial charge is 0.378 e. The molecule has 0 aliphatic heterocycles. The summed E-state index contributed by atoms with van der Waals surface area (Å²) >= 11 is 7.00. The monoisotopic (exact) mass is 381 g/mol. The van der Waals surface area contributed by atoms with Crippen LogP contribution in [0.1, 0.15) is 29.7 Å². The maximum Gasteiger partial charge on any atom is 0.0485 e. The summed E-state index contributed by atoms with van der Waals surface area (Å²) in [4.78, 5) is 0. The fourth-order valence-electron chi connectivity index (χ4n) is 2.19. The van der Waals surface area contributed by atoms with E-state index in [1.54, 1.807) is 0 Å². The van der Waals surface area contributed by atoms with Crippen LogP contribution in [-0.4, -0.2) is 0 Å². The number of rotatable bonds is 3. The zero-order valence-corrected chi connectivity index (χ0v) is 14.5. The Labute approximate surface area is 131 Å². The van der Waals surface area contributed by atoms with Crippen LogP contribution in [0.5, 0.6) is 0 Å². The lowest BCUT2D eigenvalue weighted by atomic mass is 10.1. The molecule has 2 aromatic carbocycles. The minimum atomic E-state index is 0.284. The van der Waals surface area contributed by atoms with Crippen molar-refractivity contribution in [3.8, 4) is 0 Å². The Kier molecular flexibility index (Phi) is 4.69. The van der Waals surface area contributed by atoms with E-state index in [2.05, 4.69) is 94.3 Å². The van der Waals surface area contributed by atoms with E-state index in [9.17, 15) is 0 Å². The van der Waals surface area contributed by atoms with Crippen molar-refractivity contribution in [1.29, 1.82) is 0 Å². The highest BCUT2D eigenvalue weighted by Crippen LogP contribution is 2.29. The van der Waals surface area contributed by atoms with Gasteiger partial charge < -0.3 is 5.32 Å². The molecule has 100 valence electrons. The summed E-state index contributed by atoms with van der Waals surface area (Å²) in [6.45, 7) is 6.45. The topological polar surface area (TPSA) is 12.0 Å². The van der Waals surface area contributed by atoms with Gasteiger partial charge in [-0.3, -0.25) is 0 Å². The number of nitrogens with one attached hydrogen (secondary N) is 1. The first-order valence-electron chi connectivity index (χ1n) is 6.26. The molecule has 1 N–H and O–H groups in total. The number of anilines is 1. The number of benzene rings is 2. The third-order valence-electron chi connectivity index (χ3n) is 3.23. The molecule has 19 heavy (non-hydrogen) atoms. The molecule has 0 aliphatic rings. The summed E-state index contributed by atoms with van der Waals surface area (Å²) in [5.41, 5.74) is 5.02. The lowest BCUT2D eigenvalue weighted by Gasteiger charge is -2.20. The van der Waals surface area contributed by atoms with E-state index in [0.29, 0.717) is 0 Å². The molecule has 1 unspecified atom stereocenters. The molecule has 2 rings (SSSR count). The van der Waals surface area contributed by atoms with Gasteiger partial charge in [0.05, 0.1) is 0 Å². The molecule has 0 radical (unpaired) electrons. The average molecular weight is 383 g/mol. The Morgan fingerprint density at radius 1 is 0.895 bits per heavy atom. The molecule has 0 spiro atoms. The van der Waals surface area contributed by atoms with E-state index in [4.69, 9.17) is 0 Å². The Bertz CT molecular complexity index is 553. The summed E-state index contributed by atoms with van der Waals surface area (Å²) in [7, 11) is 0. The maximum absolute atomic E-state index is 3.61. The molecular formula is C16H17Br2N. The molecule has 0 saturated heterocycles. The molecule has 1 nitrogen and oxygen atoms in total. The van der Waals surface area contributed by atoms with Gasteiger partial charge in [0, 0.05) is 20.7 Å². The van der Waals surface area contributed by atoms with Crippen LogP contribution in [-0.2, 0) is 0 Å². The summed E-state index contributed by atoms with van der Waals surface area (Å²) in [5, 5.41) is 3.61. The van der Waals surface area contributed by atoms with Crippen LogP contribution in [0.4, 0.5) is 5.69 Å². The van der Waals surface area contributed by atoms with Crippen molar-refractivity contribution in [2.24, 2.45) is 0 Å². The molecule has 0 fully saturated rings. The highest BCUT2D eigenvalue weighted by Gasteiger charge is 2.09. The van der Waals surface area contributed by atoms with Crippen molar-refractivity contribution >= 4 is 37.5 Å². The van der Waals surface area contributed by atoms with Crippen LogP contribution in [0.15, 0.2) is 45.3 Å². The molecule has 0 aliphatic carbocycles. The smallest absolute Gasteiger partial charge is 0.0485 e. The first-order valence-corrected chi connectivity index (χ1v) is 7.84. The van der Waals surface area contributed by atoms with Gasteiger partial charge in [0.25, 0.3) is 0 Å². The van der Waals surface area contributed by atoms with Crippen LogP contribution in [0.2, 0.25) is 0 Å². The Balaban J connectivity index is 2.24. The first-order chi connectivity index (χ1) is 8.97. The summed E-state index contributed by atoms with van der Waals surface area (Å²) < 4.78 is 2.24. The van der Waals surface area contributed by atoms with E-state index in [0.717, 1.165) is 8.95 Å². The molecule has 0 amide bonds. The predicted molar refractivity (Wildman–Crippen MR) is 89.8 cm³/mol. The lowest BCUT2D eigenvalue weighted by Crippen LogP contribution is -2.08. The first kappa shape index (κ1) is 14.6. The summed E-state index contributed by atoms with van der Waals surface area (Å²) in [6, 6.07) is 13.0. The molecular weight excluding hydrogens is 366 g/mol. The number of hydrogen-bond donors (Lipinski definition) is 1. The van der Waals surface area contributed by atoms with Crippen molar-refractivity contribution in [2.45, 2.75) is 26.8 Å².